The lowest BCUT2D eigenvalue weighted by molar-refractivity contribution is 0.0696. The van der Waals surface area contributed by atoms with Gasteiger partial charge in [-0.15, -0.1) is 0 Å². The van der Waals surface area contributed by atoms with Crippen molar-refractivity contribution >= 4 is 5.91 Å². The van der Waals surface area contributed by atoms with Crippen LogP contribution in [-0.2, 0) is 4.74 Å². The number of piperidine rings is 1. The Morgan fingerprint density at radius 2 is 2.10 bits per heavy atom. The average molecular weight is 288 g/mol. The van der Waals surface area contributed by atoms with Crippen LogP contribution in [0.15, 0.2) is 24.3 Å². The molecule has 3 rings (SSSR count). The lowest BCUT2D eigenvalue weighted by atomic mass is 9.90. The molecule has 2 aliphatic rings. The zero-order valence-electron chi connectivity index (χ0n) is 12.4. The number of amides is 1. The highest BCUT2D eigenvalue weighted by Gasteiger charge is 2.19. The maximum Gasteiger partial charge on any atom is 0.251 e. The van der Waals surface area contributed by atoms with Crippen molar-refractivity contribution in [1.82, 2.24) is 10.6 Å². The summed E-state index contributed by atoms with van der Waals surface area (Å²) in [5.41, 5.74) is 2.06. The third kappa shape index (κ3) is 3.83. The van der Waals surface area contributed by atoms with E-state index in [1.165, 1.54) is 18.4 Å². The van der Waals surface area contributed by atoms with Gasteiger partial charge >= 0.3 is 0 Å². The van der Waals surface area contributed by atoms with E-state index in [9.17, 15) is 4.79 Å². The van der Waals surface area contributed by atoms with E-state index in [0.29, 0.717) is 5.92 Å². The molecular weight excluding hydrogens is 264 g/mol. The molecule has 0 aliphatic carbocycles. The molecule has 0 aromatic heterocycles. The van der Waals surface area contributed by atoms with Crippen LogP contribution in [-0.4, -0.2) is 38.3 Å². The summed E-state index contributed by atoms with van der Waals surface area (Å²) in [6.07, 6.45) is 4.25. The van der Waals surface area contributed by atoms with Crippen LogP contribution in [0.25, 0.3) is 0 Å². The number of ether oxygens (including phenoxy) is 1. The quantitative estimate of drug-likeness (QED) is 0.895. The molecule has 4 nitrogen and oxygen atoms in total. The van der Waals surface area contributed by atoms with Crippen LogP contribution in [0.5, 0.6) is 0 Å². The molecule has 0 bridgehead atoms. The molecule has 1 atom stereocenters. The average Bonchev–Trinajstić information content (AvgIpc) is 2.57. The highest BCUT2D eigenvalue weighted by Crippen LogP contribution is 2.24. The molecule has 2 N–H and O–H groups in total. The van der Waals surface area contributed by atoms with Crippen molar-refractivity contribution in [3.8, 4) is 0 Å². The van der Waals surface area contributed by atoms with Crippen LogP contribution in [0.2, 0.25) is 0 Å². The number of hydrogen-bond acceptors (Lipinski definition) is 3. The van der Waals surface area contributed by atoms with Crippen molar-refractivity contribution in [2.24, 2.45) is 0 Å². The maximum atomic E-state index is 12.4. The highest BCUT2D eigenvalue weighted by molar-refractivity contribution is 5.94. The minimum absolute atomic E-state index is 0.0486. The zero-order chi connectivity index (χ0) is 14.5. The van der Waals surface area contributed by atoms with Gasteiger partial charge in [0.05, 0.1) is 0 Å². The van der Waals surface area contributed by atoms with Crippen molar-refractivity contribution in [2.75, 3.05) is 26.3 Å². The van der Waals surface area contributed by atoms with Crippen molar-refractivity contribution in [2.45, 2.75) is 37.6 Å². The van der Waals surface area contributed by atoms with Crippen LogP contribution < -0.4 is 10.6 Å². The summed E-state index contributed by atoms with van der Waals surface area (Å²) < 4.78 is 5.33. The van der Waals surface area contributed by atoms with Crippen LogP contribution in [0, 0.1) is 0 Å². The summed E-state index contributed by atoms with van der Waals surface area (Å²) in [7, 11) is 0. The van der Waals surface area contributed by atoms with E-state index in [1.807, 2.05) is 12.1 Å². The third-order valence-corrected chi connectivity index (χ3v) is 4.47. The number of rotatable bonds is 3. The monoisotopic (exact) mass is 288 g/mol. The van der Waals surface area contributed by atoms with Gasteiger partial charge in [0.25, 0.3) is 5.91 Å². The first-order valence-electron chi connectivity index (χ1n) is 8.02. The minimum atomic E-state index is 0.0486. The summed E-state index contributed by atoms with van der Waals surface area (Å²) in [5, 5.41) is 6.56. The lowest BCUT2D eigenvalue weighted by Gasteiger charge is -2.24. The molecular formula is C17H24N2O2. The molecule has 2 fully saturated rings. The van der Waals surface area contributed by atoms with Gasteiger partial charge < -0.3 is 15.4 Å². The summed E-state index contributed by atoms with van der Waals surface area (Å²) in [6, 6.07) is 8.37. The van der Waals surface area contributed by atoms with E-state index in [0.717, 1.165) is 44.7 Å². The van der Waals surface area contributed by atoms with Gasteiger partial charge in [0, 0.05) is 31.4 Å². The molecule has 21 heavy (non-hydrogen) atoms. The van der Waals surface area contributed by atoms with E-state index in [1.54, 1.807) is 0 Å². The van der Waals surface area contributed by atoms with Gasteiger partial charge in [0.1, 0.15) is 0 Å². The molecule has 2 heterocycles. The Bertz CT molecular complexity index is 477. The number of benzene rings is 1. The fraction of sp³-hybridized carbons (Fsp3) is 0.588. The second kappa shape index (κ2) is 7.05. The summed E-state index contributed by atoms with van der Waals surface area (Å²) in [6.45, 7) is 3.63. The minimum Gasteiger partial charge on any atom is -0.381 e. The van der Waals surface area contributed by atoms with Crippen LogP contribution in [0.3, 0.4) is 0 Å². The molecule has 0 spiro atoms. The summed E-state index contributed by atoms with van der Waals surface area (Å²) >= 11 is 0. The number of carbonyl (C=O) groups excluding carboxylic acids is 1. The SMILES string of the molecule is O=C(NC1CCOCC1)c1cccc([C@@H]2CCCNC2)c1. The Morgan fingerprint density at radius 3 is 2.86 bits per heavy atom. The first-order valence-corrected chi connectivity index (χ1v) is 8.02. The highest BCUT2D eigenvalue weighted by atomic mass is 16.5. The van der Waals surface area contributed by atoms with Crippen LogP contribution >= 0.6 is 0 Å². The van der Waals surface area contributed by atoms with Crippen LogP contribution in [0.4, 0.5) is 0 Å². The Kier molecular flexibility index (Phi) is 4.88. The Hall–Kier alpha value is -1.39. The molecule has 2 saturated heterocycles. The van der Waals surface area contributed by atoms with Gasteiger partial charge in [-0.05, 0) is 55.8 Å². The lowest BCUT2D eigenvalue weighted by Crippen LogP contribution is -2.39. The van der Waals surface area contributed by atoms with E-state index in [2.05, 4.69) is 22.8 Å². The molecule has 1 aromatic rings. The second-order valence-electron chi connectivity index (χ2n) is 6.03. The third-order valence-electron chi connectivity index (χ3n) is 4.47. The molecule has 114 valence electrons. The van der Waals surface area contributed by atoms with Gasteiger partial charge in [-0.2, -0.15) is 0 Å². The second-order valence-corrected chi connectivity index (χ2v) is 6.03. The zero-order valence-corrected chi connectivity index (χ0v) is 12.4. The Labute approximate surface area is 126 Å². The van der Waals surface area contributed by atoms with Gasteiger partial charge in [-0.3, -0.25) is 4.79 Å². The van der Waals surface area contributed by atoms with Gasteiger partial charge in [-0.1, -0.05) is 12.1 Å². The number of nitrogens with one attached hydrogen (secondary N) is 2. The van der Waals surface area contributed by atoms with E-state index >= 15 is 0 Å². The molecule has 0 saturated carbocycles. The number of carbonyl (C=O) groups is 1. The fourth-order valence-electron chi connectivity index (χ4n) is 3.18. The van der Waals surface area contributed by atoms with E-state index in [-0.39, 0.29) is 11.9 Å². The van der Waals surface area contributed by atoms with Crippen molar-refractivity contribution in [3.63, 3.8) is 0 Å². The molecule has 1 aromatic carbocycles. The molecule has 2 aliphatic heterocycles. The largest absolute Gasteiger partial charge is 0.381 e. The summed E-state index contributed by atoms with van der Waals surface area (Å²) in [4.78, 5) is 12.4. The maximum absolute atomic E-state index is 12.4. The van der Waals surface area contributed by atoms with Crippen LogP contribution in [0.1, 0.15) is 47.5 Å². The Morgan fingerprint density at radius 1 is 1.24 bits per heavy atom. The van der Waals surface area contributed by atoms with Crippen molar-refractivity contribution in [3.05, 3.63) is 35.4 Å². The summed E-state index contributed by atoms with van der Waals surface area (Å²) in [5.74, 6) is 0.585. The topological polar surface area (TPSA) is 50.4 Å². The smallest absolute Gasteiger partial charge is 0.251 e. The number of hydrogen-bond donors (Lipinski definition) is 2. The van der Waals surface area contributed by atoms with Gasteiger partial charge in [0.15, 0.2) is 0 Å². The van der Waals surface area contributed by atoms with E-state index < -0.39 is 0 Å². The van der Waals surface area contributed by atoms with Gasteiger partial charge in [-0.25, -0.2) is 0 Å². The Balaban J connectivity index is 1.65. The predicted octanol–water partition coefficient (Wildman–Crippen LogP) is 2.06. The van der Waals surface area contributed by atoms with Crippen molar-refractivity contribution < 1.29 is 9.53 Å². The fourth-order valence-corrected chi connectivity index (χ4v) is 3.18. The molecule has 0 radical (unpaired) electrons. The molecule has 0 unspecified atom stereocenters. The van der Waals surface area contributed by atoms with Gasteiger partial charge in [0.2, 0.25) is 0 Å². The predicted molar refractivity (Wildman–Crippen MR) is 82.6 cm³/mol. The normalized spacial score (nSPS) is 23.7. The first-order chi connectivity index (χ1) is 10.3. The van der Waals surface area contributed by atoms with E-state index in [4.69, 9.17) is 4.74 Å². The molecule has 4 heteroatoms. The standard InChI is InChI=1S/C17H24N2O2/c20-17(19-16-6-9-21-10-7-16)14-4-1-3-13(11-14)15-5-2-8-18-12-15/h1,3-4,11,15-16,18H,2,5-10,12H2,(H,19,20)/t15-/m1/s1. The molecule has 1 amide bonds. The first kappa shape index (κ1) is 14.5. The van der Waals surface area contributed by atoms with Crippen molar-refractivity contribution in [1.29, 1.82) is 0 Å².